The number of benzene rings is 2. The standard InChI is InChI=1S/C27H32N2O5/c1-5-17-33-21-11-7-19(8-12-21)24-23(26(31)27(32)29(24)16-15-28(3)4)25(30)20-9-13-22(14-10-20)34-18-6-2/h6-14,24,30H,2,5,15-18H2,1,3-4H3/t24-/m0/s1. The zero-order valence-electron chi connectivity index (χ0n) is 20.0. The summed E-state index contributed by atoms with van der Waals surface area (Å²) in [4.78, 5) is 29.5. The van der Waals surface area contributed by atoms with E-state index in [4.69, 9.17) is 9.47 Å². The molecule has 0 radical (unpaired) electrons. The van der Waals surface area contributed by atoms with Crippen molar-refractivity contribution in [1.82, 2.24) is 9.80 Å². The highest BCUT2D eigenvalue weighted by molar-refractivity contribution is 6.46. The molecule has 1 fully saturated rings. The van der Waals surface area contributed by atoms with Gasteiger partial charge in [-0.05, 0) is 62.5 Å². The number of hydrogen-bond donors (Lipinski definition) is 1. The molecule has 3 rings (SSSR count). The molecule has 1 amide bonds. The number of hydrogen-bond acceptors (Lipinski definition) is 6. The van der Waals surface area contributed by atoms with Crippen LogP contribution in [0, 0.1) is 0 Å². The lowest BCUT2D eigenvalue weighted by atomic mass is 9.95. The number of nitrogens with zero attached hydrogens (tertiary/aromatic N) is 2. The third-order valence-corrected chi connectivity index (χ3v) is 5.49. The quantitative estimate of drug-likeness (QED) is 0.234. The van der Waals surface area contributed by atoms with Crippen LogP contribution in [0.5, 0.6) is 11.5 Å². The van der Waals surface area contributed by atoms with Crippen molar-refractivity contribution in [2.45, 2.75) is 19.4 Å². The largest absolute Gasteiger partial charge is 0.507 e. The Labute approximate surface area is 200 Å². The normalized spacial score (nSPS) is 17.3. The molecule has 1 aliphatic heterocycles. The number of likely N-dealkylation sites (tertiary alicyclic amines) is 1. The van der Waals surface area contributed by atoms with Gasteiger partial charge in [0.25, 0.3) is 11.7 Å². The van der Waals surface area contributed by atoms with Crippen LogP contribution in [-0.2, 0) is 9.59 Å². The van der Waals surface area contributed by atoms with Gasteiger partial charge in [-0.25, -0.2) is 0 Å². The second-order valence-corrected chi connectivity index (χ2v) is 8.34. The third-order valence-electron chi connectivity index (χ3n) is 5.49. The van der Waals surface area contributed by atoms with Gasteiger partial charge in [-0.3, -0.25) is 9.59 Å². The zero-order chi connectivity index (χ0) is 24.7. The first kappa shape index (κ1) is 25.1. The summed E-state index contributed by atoms with van der Waals surface area (Å²) in [5.74, 6) is -0.199. The predicted molar refractivity (Wildman–Crippen MR) is 132 cm³/mol. The summed E-state index contributed by atoms with van der Waals surface area (Å²) in [7, 11) is 3.81. The van der Waals surface area contributed by atoms with Crippen LogP contribution in [-0.4, -0.2) is 67.0 Å². The molecule has 34 heavy (non-hydrogen) atoms. The maximum absolute atomic E-state index is 13.1. The molecule has 0 aliphatic carbocycles. The van der Waals surface area contributed by atoms with E-state index < -0.39 is 17.7 Å². The van der Waals surface area contributed by atoms with Gasteiger partial charge in [-0.1, -0.05) is 31.7 Å². The Bertz CT molecular complexity index is 1040. The topological polar surface area (TPSA) is 79.3 Å². The fraction of sp³-hybridized carbons (Fsp3) is 0.333. The minimum absolute atomic E-state index is 0.0748. The van der Waals surface area contributed by atoms with E-state index in [1.54, 1.807) is 30.3 Å². The highest BCUT2D eigenvalue weighted by Gasteiger charge is 2.45. The van der Waals surface area contributed by atoms with Crippen LogP contribution in [0.1, 0.15) is 30.5 Å². The maximum Gasteiger partial charge on any atom is 0.295 e. The first-order chi connectivity index (χ1) is 16.4. The fourth-order valence-corrected chi connectivity index (χ4v) is 3.75. The van der Waals surface area contributed by atoms with Crippen molar-refractivity contribution in [3.05, 3.63) is 77.9 Å². The van der Waals surface area contributed by atoms with E-state index in [2.05, 4.69) is 6.58 Å². The highest BCUT2D eigenvalue weighted by Crippen LogP contribution is 2.39. The van der Waals surface area contributed by atoms with Crippen molar-refractivity contribution in [3.8, 4) is 11.5 Å². The van der Waals surface area contributed by atoms with Crippen molar-refractivity contribution in [2.75, 3.05) is 40.4 Å². The van der Waals surface area contributed by atoms with Gasteiger partial charge in [0.15, 0.2) is 0 Å². The molecule has 2 aromatic carbocycles. The lowest BCUT2D eigenvalue weighted by Crippen LogP contribution is -2.35. The van der Waals surface area contributed by atoms with Crippen LogP contribution in [0.2, 0.25) is 0 Å². The minimum atomic E-state index is -0.697. The summed E-state index contributed by atoms with van der Waals surface area (Å²) in [5, 5.41) is 11.2. The van der Waals surface area contributed by atoms with Crippen LogP contribution in [0.25, 0.3) is 5.76 Å². The monoisotopic (exact) mass is 464 g/mol. The van der Waals surface area contributed by atoms with E-state index in [9.17, 15) is 14.7 Å². The summed E-state index contributed by atoms with van der Waals surface area (Å²) < 4.78 is 11.2. The molecule has 180 valence electrons. The molecule has 0 saturated carbocycles. The number of aliphatic hydroxyl groups excluding tert-OH is 1. The molecule has 1 atom stereocenters. The number of ether oxygens (including phenoxy) is 2. The number of Topliss-reactive ketones (excluding diaryl/α,β-unsaturated/α-hetero) is 1. The second kappa shape index (κ2) is 11.5. The van der Waals surface area contributed by atoms with Gasteiger partial charge in [0.2, 0.25) is 0 Å². The molecule has 0 aromatic heterocycles. The van der Waals surface area contributed by atoms with E-state index in [-0.39, 0.29) is 11.3 Å². The van der Waals surface area contributed by atoms with Gasteiger partial charge < -0.3 is 24.4 Å². The molecule has 1 saturated heterocycles. The van der Waals surface area contributed by atoms with Crippen LogP contribution in [0.3, 0.4) is 0 Å². The second-order valence-electron chi connectivity index (χ2n) is 8.34. The van der Waals surface area contributed by atoms with Crippen molar-refractivity contribution in [3.63, 3.8) is 0 Å². The van der Waals surface area contributed by atoms with Gasteiger partial charge >= 0.3 is 0 Å². The number of ketones is 1. The Morgan fingerprint density at radius 1 is 1.06 bits per heavy atom. The number of aliphatic hydroxyl groups is 1. The van der Waals surface area contributed by atoms with Crippen LogP contribution < -0.4 is 9.47 Å². The molecule has 7 heteroatoms. The maximum atomic E-state index is 13.1. The molecule has 1 N–H and O–H groups in total. The summed E-state index contributed by atoms with van der Waals surface area (Å²) in [6.45, 7) is 7.55. The summed E-state index contributed by atoms with van der Waals surface area (Å²) in [6.07, 6.45) is 2.53. The van der Waals surface area contributed by atoms with Crippen LogP contribution in [0.4, 0.5) is 0 Å². The van der Waals surface area contributed by atoms with Crippen molar-refractivity contribution in [2.24, 2.45) is 0 Å². The third kappa shape index (κ3) is 5.66. The van der Waals surface area contributed by atoms with Gasteiger partial charge in [-0.2, -0.15) is 0 Å². The van der Waals surface area contributed by atoms with Gasteiger partial charge in [0.1, 0.15) is 23.9 Å². The average molecular weight is 465 g/mol. The Balaban J connectivity index is 2.02. The van der Waals surface area contributed by atoms with Crippen LogP contribution in [0.15, 0.2) is 66.8 Å². The van der Waals surface area contributed by atoms with E-state index >= 15 is 0 Å². The predicted octanol–water partition coefficient (Wildman–Crippen LogP) is 4.02. The number of carbonyl (C=O) groups is 2. The highest BCUT2D eigenvalue weighted by atomic mass is 16.5. The lowest BCUT2D eigenvalue weighted by molar-refractivity contribution is -0.140. The molecule has 7 nitrogen and oxygen atoms in total. The van der Waals surface area contributed by atoms with E-state index in [1.807, 2.05) is 50.2 Å². The SMILES string of the molecule is C=CCOc1ccc(C(O)=C2C(=O)C(=O)N(CCN(C)C)[C@H]2c2ccc(OCCC)cc2)cc1. The summed E-state index contributed by atoms with van der Waals surface area (Å²) in [6, 6.07) is 13.4. The van der Waals surface area contributed by atoms with Crippen molar-refractivity contribution in [1.29, 1.82) is 0 Å². The summed E-state index contributed by atoms with van der Waals surface area (Å²) >= 11 is 0. The average Bonchev–Trinajstić information content (AvgIpc) is 3.10. The Morgan fingerprint density at radius 3 is 2.26 bits per heavy atom. The molecule has 0 spiro atoms. The molecular formula is C27H32N2O5. The first-order valence-corrected chi connectivity index (χ1v) is 11.4. The number of amides is 1. The summed E-state index contributed by atoms with van der Waals surface area (Å²) in [5.41, 5.74) is 1.24. The fourth-order valence-electron chi connectivity index (χ4n) is 3.75. The van der Waals surface area contributed by atoms with Gasteiger partial charge in [0.05, 0.1) is 18.2 Å². The molecule has 0 bridgehead atoms. The van der Waals surface area contributed by atoms with Gasteiger partial charge in [-0.15, -0.1) is 0 Å². The van der Waals surface area contributed by atoms with Crippen LogP contribution >= 0.6 is 0 Å². The molecule has 1 heterocycles. The van der Waals surface area contributed by atoms with Gasteiger partial charge in [0, 0.05) is 18.7 Å². The lowest BCUT2D eigenvalue weighted by Gasteiger charge is -2.26. The smallest absolute Gasteiger partial charge is 0.295 e. The molecule has 2 aromatic rings. The zero-order valence-corrected chi connectivity index (χ0v) is 20.0. The van der Waals surface area contributed by atoms with E-state index in [0.717, 1.165) is 12.0 Å². The Morgan fingerprint density at radius 2 is 1.68 bits per heavy atom. The minimum Gasteiger partial charge on any atom is -0.507 e. The van der Waals surface area contributed by atoms with E-state index in [1.165, 1.54) is 4.90 Å². The van der Waals surface area contributed by atoms with Crippen molar-refractivity contribution >= 4 is 17.4 Å². The number of rotatable bonds is 11. The number of carbonyl (C=O) groups excluding carboxylic acids is 2. The Kier molecular flexibility index (Phi) is 8.49. The van der Waals surface area contributed by atoms with Crippen molar-refractivity contribution < 1.29 is 24.2 Å². The Hall–Kier alpha value is -3.58. The first-order valence-electron chi connectivity index (χ1n) is 11.4. The van der Waals surface area contributed by atoms with E-state index in [0.29, 0.717) is 43.4 Å². The number of likely N-dealkylation sites (N-methyl/N-ethyl adjacent to an activating group) is 1. The molecular weight excluding hydrogens is 432 g/mol. The molecule has 0 unspecified atom stereocenters. The molecule has 1 aliphatic rings.